The van der Waals surface area contributed by atoms with Crippen LogP contribution in [0.3, 0.4) is 0 Å². The molecule has 1 aliphatic rings. The van der Waals surface area contributed by atoms with E-state index in [9.17, 15) is 4.79 Å². The van der Waals surface area contributed by atoms with E-state index >= 15 is 0 Å². The van der Waals surface area contributed by atoms with Crippen molar-refractivity contribution in [2.24, 2.45) is 0 Å². The maximum Gasteiger partial charge on any atom is 0.262 e. The number of halogens is 1. The third-order valence-corrected chi connectivity index (χ3v) is 4.59. The van der Waals surface area contributed by atoms with Crippen LogP contribution in [0.15, 0.2) is 46.9 Å². The lowest BCUT2D eigenvalue weighted by Crippen LogP contribution is -2.20. The monoisotopic (exact) mass is 419 g/mol. The van der Waals surface area contributed by atoms with Gasteiger partial charge in [-0.05, 0) is 67.8 Å². The molecule has 0 bridgehead atoms. The molecule has 0 radical (unpaired) electrons. The van der Waals surface area contributed by atoms with Crippen molar-refractivity contribution in [3.05, 3.63) is 52.5 Å². The van der Waals surface area contributed by atoms with Crippen molar-refractivity contribution in [1.82, 2.24) is 0 Å². The predicted molar refractivity (Wildman–Crippen MR) is 104 cm³/mol. The average molecular weight is 420 g/mol. The molecule has 0 aromatic heterocycles. The quantitative estimate of drug-likeness (QED) is 0.725. The Morgan fingerprint density at radius 2 is 2.04 bits per heavy atom. The van der Waals surface area contributed by atoms with E-state index in [0.717, 1.165) is 35.2 Å². The highest BCUT2D eigenvalue weighted by molar-refractivity contribution is 9.10. The van der Waals surface area contributed by atoms with Crippen LogP contribution >= 0.6 is 15.9 Å². The molecule has 3 rings (SSSR count). The van der Waals surface area contributed by atoms with Crippen LogP contribution < -0.4 is 14.8 Å². The molecule has 1 unspecified atom stereocenters. The van der Waals surface area contributed by atoms with Crippen molar-refractivity contribution in [3.63, 3.8) is 0 Å². The van der Waals surface area contributed by atoms with E-state index in [-0.39, 0.29) is 18.6 Å². The molecule has 1 fully saturated rings. The Morgan fingerprint density at radius 1 is 1.23 bits per heavy atom. The molecule has 0 aliphatic carbocycles. The number of anilines is 1. The zero-order valence-corrected chi connectivity index (χ0v) is 16.3. The molecule has 1 saturated heterocycles. The molecule has 5 nitrogen and oxygen atoms in total. The fraction of sp³-hybridized carbons (Fsp3) is 0.350. The topological polar surface area (TPSA) is 56.8 Å². The molecule has 0 saturated carbocycles. The van der Waals surface area contributed by atoms with Gasteiger partial charge in [0.1, 0.15) is 18.1 Å². The van der Waals surface area contributed by atoms with Gasteiger partial charge < -0.3 is 19.5 Å². The highest BCUT2D eigenvalue weighted by Gasteiger charge is 2.15. The minimum Gasteiger partial charge on any atom is -0.491 e. The second kappa shape index (κ2) is 9.05. The van der Waals surface area contributed by atoms with Gasteiger partial charge in [-0.15, -0.1) is 0 Å². The van der Waals surface area contributed by atoms with Crippen molar-refractivity contribution in [2.75, 3.05) is 25.1 Å². The van der Waals surface area contributed by atoms with E-state index < -0.39 is 0 Å². The maximum absolute atomic E-state index is 12.1. The zero-order chi connectivity index (χ0) is 18.4. The number of aryl methyl sites for hydroxylation is 1. The smallest absolute Gasteiger partial charge is 0.262 e. The van der Waals surface area contributed by atoms with E-state index in [4.69, 9.17) is 14.2 Å². The highest BCUT2D eigenvalue weighted by atomic mass is 79.9. The Hall–Kier alpha value is -2.05. The molecule has 1 heterocycles. The molecular weight excluding hydrogens is 398 g/mol. The molecule has 6 heteroatoms. The largest absolute Gasteiger partial charge is 0.491 e. The van der Waals surface area contributed by atoms with E-state index in [1.165, 1.54) is 0 Å². The molecule has 1 aliphatic heterocycles. The summed E-state index contributed by atoms with van der Waals surface area (Å²) in [6, 6.07) is 13.0. The Bertz CT molecular complexity index is 742. The number of nitrogens with one attached hydrogen (secondary N) is 1. The number of amides is 1. The van der Waals surface area contributed by atoms with Crippen LogP contribution in [0.2, 0.25) is 0 Å². The van der Waals surface area contributed by atoms with Crippen molar-refractivity contribution in [3.8, 4) is 11.5 Å². The van der Waals surface area contributed by atoms with Crippen LogP contribution in [-0.4, -0.2) is 31.8 Å². The van der Waals surface area contributed by atoms with Crippen LogP contribution in [0.4, 0.5) is 5.69 Å². The number of carbonyl (C=O) groups is 1. The molecule has 138 valence electrons. The maximum atomic E-state index is 12.1. The van der Waals surface area contributed by atoms with Gasteiger partial charge in [0.05, 0.1) is 6.10 Å². The summed E-state index contributed by atoms with van der Waals surface area (Å²) < 4.78 is 17.8. The first-order valence-corrected chi connectivity index (χ1v) is 9.43. The Morgan fingerprint density at radius 3 is 2.73 bits per heavy atom. The number of hydrogen-bond donors (Lipinski definition) is 1. The minimum atomic E-state index is -0.208. The standard InChI is InChI=1S/C20H22BrNO4/c1-14-11-15(21)4-9-19(14)26-13-20(23)22-16-5-7-17(8-6-16)25-12-18-3-2-10-24-18/h4-9,11,18H,2-3,10,12-13H2,1H3,(H,22,23). The first-order chi connectivity index (χ1) is 12.6. The minimum absolute atomic E-state index is 0.0419. The molecule has 26 heavy (non-hydrogen) atoms. The number of benzene rings is 2. The van der Waals surface area contributed by atoms with Crippen LogP contribution in [-0.2, 0) is 9.53 Å². The third kappa shape index (κ3) is 5.47. The second-order valence-corrected chi connectivity index (χ2v) is 7.13. The summed E-state index contributed by atoms with van der Waals surface area (Å²) in [6.45, 7) is 3.28. The summed E-state index contributed by atoms with van der Waals surface area (Å²) in [5, 5.41) is 2.81. The van der Waals surface area contributed by atoms with E-state index in [1.54, 1.807) is 0 Å². The first kappa shape index (κ1) is 18.7. The van der Waals surface area contributed by atoms with Crippen molar-refractivity contribution in [1.29, 1.82) is 0 Å². The van der Waals surface area contributed by atoms with Gasteiger partial charge in [-0.2, -0.15) is 0 Å². The molecular formula is C20H22BrNO4. The summed E-state index contributed by atoms with van der Waals surface area (Å²) >= 11 is 3.40. The normalized spacial score (nSPS) is 16.3. The van der Waals surface area contributed by atoms with Gasteiger partial charge in [-0.25, -0.2) is 0 Å². The van der Waals surface area contributed by atoms with Crippen molar-refractivity contribution >= 4 is 27.5 Å². The van der Waals surface area contributed by atoms with Gasteiger partial charge in [-0.1, -0.05) is 15.9 Å². The number of carbonyl (C=O) groups excluding carboxylic acids is 1. The van der Waals surface area contributed by atoms with Gasteiger partial charge in [0.15, 0.2) is 6.61 Å². The van der Waals surface area contributed by atoms with Gasteiger partial charge >= 0.3 is 0 Å². The lowest BCUT2D eigenvalue weighted by atomic mass is 10.2. The second-order valence-electron chi connectivity index (χ2n) is 6.22. The summed E-state index contributed by atoms with van der Waals surface area (Å²) in [6.07, 6.45) is 2.33. The van der Waals surface area contributed by atoms with Crippen LogP contribution in [0, 0.1) is 6.92 Å². The van der Waals surface area contributed by atoms with Crippen molar-refractivity contribution < 1.29 is 19.0 Å². The zero-order valence-electron chi connectivity index (χ0n) is 14.7. The predicted octanol–water partition coefficient (Wildman–Crippen LogP) is 4.33. The van der Waals surface area contributed by atoms with E-state index in [2.05, 4.69) is 21.2 Å². The molecule has 1 amide bonds. The van der Waals surface area contributed by atoms with Crippen molar-refractivity contribution in [2.45, 2.75) is 25.9 Å². The van der Waals surface area contributed by atoms with E-state index in [1.807, 2.05) is 49.4 Å². The average Bonchev–Trinajstić information content (AvgIpc) is 3.14. The van der Waals surface area contributed by atoms with Gasteiger partial charge in [0.25, 0.3) is 5.91 Å². The molecule has 0 spiro atoms. The number of rotatable bonds is 7. The number of hydrogen-bond acceptors (Lipinski definition) is 4. The fourth-order valence-corrected chi connectivity index (χ4v) is 3.19. The van der Waals surface area contributed by atoms with Gasteiger partial charge in [0.2, 0.25) is 0 Å². The van der Waals surface area contributed by atoms with Crippen LogP contribution in [0.25, 0.3) is 0 Å². The highest BCUT2D eigenvalue weighted by Crippen LogP contribution is 2.22. The van der Waals surface area contributed by atoms with Gasteiger partial charge in [0, 0.05) is 16.8 Å². The first-order valence-electron chi connectivity index (χ1n) is 8.63. The lowest BCUT2D eigenvalue weighted by molar-refractivity contribution is -0.118. The van der Waals surface area contributed by atoms with Crippen LogP contribution in [0.5, 0.6) is 11.5 Å². The van der Waals surface area contributed by atoms with E-state index in [0.29, 0.717) is 18.0 Å². The molecule has 1 atom stereocenters. The summed E-state index contributed by atoms with van der Waals surface area (Å²) in [7, 11) is 0. The summed E-state index contributed by atoms with van der Waals surface area (Å²) in [4.78, 5) is 12.1. The summed E-state index contributed by atoms with van der Waals surface area (Å²) in [5.74, 6) is 1.25. The third-order valence-electron chi connectivity index (χ3n) is 4.09. The Balaban J connectivity index is 1.44. The number of ether oxygens (including phenoxy) is 3. The molecule has 2 aromatic rings. The van der Waals surface area contributed by atoms with Gasteiger partial charge in [-0.3, -0.25) is 4.79 Å². The summed E-state index contributed by atoms with van der Waals surface area (Å²) in [5.41, 5.74) is 1.68. The fourth-order valence-electron chi connectivity index (χ4n) is 2.71. The Kier molecular flexibility index (Phi) is 6.52. The lowest BCUT2D eigenvalue weighted by Gasteiger charge is -2.12. The molecule has 2 aromatic carbocycles. The Labute approximate surface area is 161 Å². The molecule has 1 N–H and O–H groups in total. The van der Waals surface area contributed by atoms with Crippen LogP contribution in [0.1, 0.15) is 18.4 Å². The SMILES string of the molecule is Cc1cc(Br)ccc1OCC(=O)Nc1ccc(OCC2CCCO2)cc1.